The molecule has 1 heterocycles. The van der Waals surface area contributed by atoms with Crippen LogP contribution in [0.4, 0.5) is 5.69 Å². The molecule has 0 atom stereocenters. The van der Waals surface area contributed by atoms with E-state index < -0.39 is 5.97 Å². The molecule has 1 aliphatic rings. The Kier molecular flexibility index (Phi) is 8.64. The molecular weight excluding hydrogens is 460 g/mol. The zero-order valence-electron chi connectivity index (χ0n) is 20.3. The van der Waals surface area contributed by atoms with Gasteiger partial charge in [-0.15, -0.1) is 0 Å². The Hall–Kier alpha value is -4.20. The smallest absolute Gasteiger partial charge is 0.342 e. The standard InChI is InChI=1S/C28H30N2O6/c1-33-23-13-11-22(12-14-23)29-15-17-30(18-16-29)27(31)21-36-28(32)25-9-5-6-10-26(25)35-20-19-34-24-7-3-2-4-8-24/h2-14H,15-21H2,1H3. The predicted octanol–water partition coefficient (Wildman–Crippen LogP) is 3.66. The van der Waals surface area contributed by atoms with Crippen molar-refractivity contribution in [2.75, 3.05) is 58.0 Å². The summed E-state index contributed by atoms with van der Waals surface area (Å²) >= 11 is 0. The molecule has 0 spiro atoms. The Balaban J connectivity index is 1.22. The van der Waals surface area contributed by atoms with E-state index in [2.05, 4.69) is 4.90 Å². The molecule has 36 heavy (non-hydrogen) atoms. The third-order valence-electron chi connectivity index (χ3n) is 5.86. The highest BCUT2D eigenvalue weighted by molar-refractivity contribution is 5.94. The van der Waals surface area contributed by atoms with Crippen LogP contribution in [0.2, 0.25) is 0 Å². The van der Waals surface area contributed by atoms with Gasteiger partial charge in [0.1, 0.15) is 36.0 Å². The van der Waals surface area contributed by atoms with Crippen molar-refractivity contribution in [3.05, 3.63) is 84.4 Å². The molecular formula is C28H30N2O6. The van der Waals surface area contributed by atoms with Crippen molar-refractivity contribution >= 4 is 17.6 Å². The summed E-state index contributed by atoms with van der Waals surface area (Å²) in [4.78, 5) is 29.3. The molecule has 8 heteroatoms. The van der Waals surface area contributed by atoms with Crippen molar-refractivity contribution in [2.24, 2.45) is 0 Å². The molecule has 0 radical (unpaired) electrons. The molecule has 3 aromatic rings. The van der Waals surface area contributed by atoms with E-state index in [1.54, 1.807) is 36.3 Å². The molecule has 1 fully saturated rings. The van der Waals surface area contributed by atoms with Gasteiger partial charge in [0.05, 0.1) is 7.11 Å². The van der Waals surface area contributed by atoms with Crippen LogP contribution in [-0.2, 0) is 9.53 Å². The fourth-order valence-electron chi connectivity index (χ4n) is 3.89. The Morgan fingerprint density at radius 3 is 2.14 bits per heavy atom. The summed E-state index contributed by atoms with van der Waals surface area (Å²) in [7, 11) is 1.64. The van der Waals surface area contributed by atoms with E-state index in [0.29, 0.717) is 38.5 Å². The van der Waals surface area contributed by atoms with Gasteiger partial charge >= 0.3 is 5.97 Å². The molecule has 0 saturated carbocycles. The van der Waals surface area contributed by atoms with Gasteiger partial charge in [0.2, 0.25) is 0 Å². The van der Waals surface area contributed by atoms with Gasteiger partial charge in [0.25, 0.3) is 5.91 Å². The van der Waals surface area contributed by atoms with Gasteiger partial charge in [0, 0.05) is 31.9 Å². The number of ether oxygens (including phenoxy) is 4. The lowest BCUT2D eigenvalue weighted by Crippen LogP contribution is -2.49. The Bertz CT molecular complexity index is 1130. The minimum absolute atomic E-state index is 0.215. The van der Waals surface area contributed by atoms with E-state index in [4.69, 9.17) is 18.9 Å². The minimum Gasteiger partial charge on any atom is -0.497 e. The van der Waals surface area contributed by atoms with Crippen molar-refractivity contribution in [3.8, 4) is 17.2 Å². The number of hydrogen-bond acceptors (Lipinski definition) is 7. The average Bonchev–Trinajstić information content (AvgIpc) is 2.95. The number of rotatable bonds is 10. The molecule has 8 nitrogen and oxygen atoms in total. The summed E-state index contributed by atoms with van der Waals surface area (Å²) in [5.41, 5.74) is 1.36. The van der Waals surface area contributed by atoms with Gasteiger partial charge in [0.15, 0.2) is 6.61 Å². The van der Waals surface area contributed by atoms with Crippen molar-refractivity contribution in [1.29, 1.82) is 0 Å². The van der Waals surface area contributed by atoms with Crippen molar-refractivity contribution in [1.82, 2.24) is 4.90 Å². The first-order valence-electron chi connectivity index (χ1n) is 11.9. The highest BCUT2D eigenvalue weighted by atomic mass is 16.5. The summed E-state index contributed by atoms with van der Waals surface area (Å²) in [6.45, 7) is 2.80. The Morgan fingerprint density at radius 1 is 0.750 bits per heavy atom. The van der Waals surface area contributed by atoms with E-state index >= 15 is 0 Å². The van der Waals surface area contributed by atoms with Crippen LogP contribution in [0.15, 0.2) is 78.9 Å². The fraction of sp³-hybridized carbons (Fsp3) is 0.286. The maximum absolute atomic E-state index is 12.7. The van der Waals surface area contributed by atoms with E-state index in [9.17, 15) is 9.59 Å². The van der Waals surface area contributed by atoms with Gasteiger partial charge < -0.3 is 28.7 Å². The normalized spacial score (nSPS) is 13.1. The molecule has 4 rings (SSSR count). The molecule has 0 N–H and O–H groups in total. The third kappa shape index (κ3) is 6.69. The largest absolute Gasteiger partial charge is 0.497 e. The molecule has 1 aliphatic heterocycles. The number of esters is 1. The summed E-state index contributed by atoms with van der Waals surface area (Å²) in [6.07, 6.45) is 0. The lowest BCUT2D eigenvalue weighted by Gasteiger charge is -2.36. The van der Waals surface area contributed by atoms with Crippen LogP contribution < -0.4 is 19.1 Å². The monoisotopic (exact) mass is 490 g/mol. The number of carbonyl (C=O) groups is 2. The molecule has 0 bridgehead atoms. The first-order valence-corrected chi connectivity index (χ1v) is 11.9. The second-order valence-corrected chi connectivity index (χ2v) is 8.15. The quantitative estimate of drug-likeness (QED) is 0.317. The van der Waals surface area contributed by atoms with E-state index in [-0.39, 0.29) is 24.7 Å². The first kappa shape index (κ1) is 24.9. The number of methoxy groups -OCH3 is 1. The number of amides is 1. The number of para-hydroxylation sites is 2. The summed E-state index contributed by atoms with van der Waals surface area (Å²) in [6, 6.07) is 24.1. The van der Waals surface area contributed by atoms with E-state index in [0.717, 1.165) is 17.2 Å². The van der Waals surface area contributed by atoms with Crippen LogP contribution >= 0.6 is 0 Å². The Morgan fingerprint density at radius 2 is 1.42 bits per heavy atom. The number of anilines is 1. The molecule has 0 aliphatic carbocycles. The summed E-state index contributed by atoms with van der Waals surface area (Å²) in [5.74, 6) is 1.13. The lowest BCUT2D eigenvalue weighted by molar-refractivity contribution is -0.134. The molecule has 188 valence electrons. The van der Waals surface area contributed by atoms with Crippen molar-refractivity contribution < 1.29 is 28.5 Å². The van der Waals surface area contributed by atoms with Gasteiger partial charge in [-0.05, 0) is 48.5 Å². The van der Waals surface area contributed by atoms with E-state index in [1.165, 1.54) is 0 Å². The molecule has 1 saturated heterocycles. The molecule has 3 aromatic carbocycles. The predicted molar refractivity (Wildman–Crippen MR) is 136 cm³/mol. The van der Waals surface area contributed by atoms with Crippen LogP contribution in [-0.4, -0.2) is 69.9 Å². The lowest BCUT2D eigenvalue weighted by atomic mass is 10.2. The van der Waals surface area contributed by atoms with Crippen molar-refractivity contribution in [3.63, 3.8) is 0 Å². The van der Waals surface area contributed by atoms with Crippen LogP contribution in [0.25, 0.3) is 0 Å². The Labute approximate surface area is 210 Å². The summed E-state index contributed by atoms with van der Waals surface area (Å²) in [5, 5.41) is 0. The minimum atomic E-state index is -0.597. The average molecular weight is 491 g/mol. The van der Waals surface area contributed by atoms with Crippen LogP contribution in [0.3, 0.4) is 0 Å². The van der Waals surface area contributed by atoms with Crippen LogP contribution in [0.1, 0.15) is 10.4 Å². The number of piperazine rings is 1. The van der Waals surface area contributed by atoms with Crippen molar-refractivity contribution in [2.45, 2.75) is 0 Å². The van der Waals surface area contributed by atoms with Gasteiger partial charge in [-0.25, -0.2) is 4.79 Å². The zero-order chi connectivity index (χ0) is 25.2. The molecule has 1 amide bonds. The maximum Gasteiger partial charge on any atom is 0.342 e. The zero-order valence-corrected chi connectivity index (χ0v) is 20.3. The highest BCUT2D eigenvalue weighted by Gasteiger charge is 2.23. The SMILES string of the molecule is COc1ccc(N2CCN(C(=O)COC(=O)c3ccccc3OCCOc3ccccc3)CC2)cc1. The second-order valence-electron chi connectivity index (χ2n) is 8.15. The van der Waals surface area contributed by atoms with E-state index in [1.807, 2.05) is 54.6 Å². The number of carbonyl (C=O) groups excluding carboxylic acids is 2. The second kappa shape index (κ2) is 12.5. The van der Waals surface area contributed by atoms with Crippen LogP contribution in [0.5, 0.6) is 17.2 Å². The maximum atomic E-state index is 12.7. The molecule has 0 aromatic heterocycles. The molecule has 0 unspecified atom stereocenters. The van der Waals surface area contributed by atoms with Gasteiger partial charge in [-0.3, -0.25) is 4.79 Å². The topological polar surface area (TPSA) is 77.5 Å². The fourth-order valence-corrected chi connectivity index (χ4v) is 3.89. The van der Waals surface area contributed by atoms with Gasteiger partial charge in [-0.1, -0.05) is 30.3 Å². The van der Waals surface area contributed by atoms with Crippen LogP contribution in [0, 0.1) is 0 Å². The third-order valence-corrected chi connectivity index (χ3v) is 5.86. The number of benzene rings is 3. The van der Waals surface area contributed by atoms with Gasteiger partial charge in [-0.2, -0.15) is 0 Å². The summed E-state index contributed by atoms with van der Waals surface area (Å²) < 4.78 is 21.9. The first-order chi connectivity index (χ1) is 17.6. The highest BCUT2D eigenvalue weighted by Crippen LogP contribution is 2.21. The number of hydrogen-bond donors (Lipinski definition) is 0. The number of nitrogens with zero attached hydrogens (tertiary/aromatic N) is 2.